The van der Waals surface area contributed by atoms with Crippen molar-refractivity contribution in [1.82, 2.24) is 0 Å². The molecule has 3 nitrogen and oxygen atoms in total. The van der Waals surface area contributed by atoms with Gasteiger partial charge in [0.15, 0.2) is 17.4 Å². The zero-order valence-corrected chi connectivity index (χ0v) is 17.8. The third-order valence-electron chi connectivity index (χ3n) is 3.99. The second-order valence-corrected chi connectivity index (χ2v) is 6.09. The third-order valence-corrected chi connectivity index (χ3v) is 3.99. The van der Waals surface area contributed by atoms with Gasteiger partial charge in [0.25, 0.3) is 0 Å². The maximum absolute atomic E-state index is 10.3. The summed E-state index contributed by atoms with van der Waals surface area (Å²) in [6, 6.07) is 0. The molecule has 0 fully saturated rings. The first-order valence-corrected chi connectivity index (χ1v) is 8.99. The van der Waals surface area contributed by atoms with Gasteiger partial charge in [-0.1, -0.05) is 96.8 Å². The number of rotatable bonds is 16. The van der Waals surface area contributed by atoms with Crippen LogP contribution < -0.4 is 0 Å². The summed E-state index contributed by atoms with van der Waals surface area (Å²) >= 11 is 0. The molecule has 0 saturated heterocycles. The number of carbonyl (C=O) groups is 1. The predicted molar refractivity (Wildman–Crippen MR) is 101 cm³/mol. The molecule has 0 unspecified atom stereocenters. The van der Waals surface area contributed by atoms with E-state index >= 15 is 0 Å². The van der Waals surface area contributed by atoms with E-state index in [1.165, 1.54) is 83.5 Å². The van der Waals surface area contributed by atoms with Crippen molar-refractivity contribution in [1.29, 1.82) is 0 Å². The van der Waals surface area contributed by atoms with Gasteiger partial charge in [0.2, 0.25) is 0 Å². The number of carboxylic acid groups (broad SMARTS) is 1. The summed E-state index contributed by atoms with van der Waals surface area (Å²) in [7, 11) is 0. The van der Waals surface area contributed by atoms with E-state index in [0.717, 1.165) is 12.8 Å². The Bertz CT molecular complexity index is 216. The van der Waals surface area contributed by atoms with Gasteiger partial charge in [-0.2, -0.15) is 0 Å². The SMILES string of the molecule is CCCCCCCCCCCCCCCCCC(=O)O.O.[AlH3].[Zn]. The zero-order chi connectivity index (χ0) is 14.9. The van der Waals surface area contributed by atoms with Crippen molar-refractivity contribution < 1.29 is 34.9 Å². The minimum atomic E-state index is -0.653. The van der Waals surface area contributed by atoms with E-state index in [4.69, 9.17) is 5.11 Å². The third kappa shape index (κ3) is 30.9. The normalized spacial score (nSPS) is 9.43. The second-order valence-electron chi connectivity index (χ2n) is 6.09. The monoisotopic (exact) mass is 396 g/mol. The van der Waals surface area contributed by atoms with Crippen LogP contribution in [-0.4, -0.2) is 33.9 Å². The number of unbranched alkanes of at least 4 members (excludes halogenated alkanes) is 14. The summed E-state index contributed by atoms with van der Waals surface area (Å²) in [6.07, 6.45) is 20.2. The Kier molecular flexibility index (Phi) is 37.4. The number of hydrogen-bond acceptors (Lipinski definition) is 1. The summed E-state index contributed by atoms with van der Waals surface area (Å²) in [6.45, 7) is 2.27. The fourth-order valence-electron chi connectivity index (χ4n) is 2.65. The van der Waals surface area contributed by atoms with E-state index < -0.39 is 5.97 Å². The standard InChI is InChI=1S/C18H36O2.Al.H2O.Zn.3H/c1-2-3-4-5-6-7-8-9-10-11-12-13-14-15-16-17-18(19)20;;;;;;/h2-17H2,1H3,(H,19,20);;1H2;;;;. The molecule has 23 heavy (non-hydrogen) atoms. The van der Waals surface area contributed by atoms with E-state index in [2.05, 4.69) is 6.92 Å². The van der Waals surface area contributed by atoms with Crippen LogP contribution in [0.1, 0.15) is 110 Å². The van der Waals surface area contributed by atoms with Crippen molar-refractivity contribution in [2.75, 3.05) is 0 Å². The van der Waals surface area contributed by atoms with Crippen LogP contribution in [0, 0.1) is 0 Å². The summed E-state index contributed by atoms with van der Waals surface area (Å²) in [5, 5.41) is 8.52. The first-order valence-electron chi connectivity index (χ1n) is 8.99. The molecule has 0 atom stereocenters. The molecule has 0 rings (SSSR count). The maximum atomic E-state index is 10.3. The van der Waals surface area contributed by atoms with E-state index in [9.17, 15) is 4.79 Å². The first-order chi connectivity index (χ1) is 9.77. The van der Waals surface area contributed by atoms with Crippen LogP contribution in [0.15, 0.2) is 0 Å². The molecule has 136 valence electrons. The van der Waals surface area contributed by atoms with Crippen LogP contribution in [0.4, 0.5) is 0 Å². The Morgan fingerprint density at radius 1 is 0.652 bits per heavy atom. The Balaban J connectivity index is -0.000000602. The van der Waals surface area contributed by atoms with Gasteiger partial charge in [-0.25, -0.2) is 0 Å². The molecule has 0 saturated carbocycles. The van der Waals surface area contributed by atoms with Gasteiger partial charge in [0.1, 0.15) is 0 Å². The van der Waals surface area contributed by atoms with Crippen LogP contribution in [0.2, 0.25) is 0 Å². The molecule has 0 spiro atoms. The summed E-state index contributed by atoms with van der Waals surface area (Å²) in [5.74, 6) is -0.653. The van der Waals surface area contributed by atoms with Crippen LogP contribution >= 0.6 is 0 Å². The molecule has 0 aromatic rings. The minimum Gasteiger partial charge on any atom is -0.481 e. The zero-order valence-electron chi connectivity index (χ0n) is 14.9. The van der Waals surface area contributed by atoms with Gasteiger partial charge in [-0.05, 0) is 6.42 Å². The van der Waals surface area contributed by atoms with Crippen molar-refractivity contribution in [3.05, 3.63) is 0 Å². The van der Waals surface area contributed by atoms with Crippen LogP contribution in [0.5, 0.6) is 0 Å². The van der Waals surface area contributed by atoms with E-state index in [-0.39, 0.29) is 42.3 Å². The van der Waals surface area contributed by atoms with Crippen molar-refractivity contribution in [3.63, 3.8) is 0 Å². The molecule has 0 aromatic heterocycles. The van der Waals surface area contributed by atoms with Gasteiger partial charge in [0.05, 0.1) is 0 Å². The summed E-state index contributed by atoms with van der Waals surface area (Å²) < 4.78 is 0. The fourth-order valence-corrected chi connectivity index (χ4v) is 2.65. The average Bonchev–Trinajstić information content (AvgIpc) is 2.43. The van der Waals surface area contributed by atoms with E-state index in [1.807, 2.05) is 0 Å². The number of aliphatic carboxylic acids is 1. The smallest absolute Gasteiger partial charge is 0.303 e. The van der Waals surface area contributed by atoms with E-state index in [1.54, 1.807) is 0 Å². The first kappa shape index (κ1) is 31.4. The van der Waals surface area contributed by atoms with Crippen molar-refractivity contribution in [2.24, 2.45) is 0 Å². The van der Waals surface area contributed by atoms with Gasteiger partial charge < -0.3 is 10.6 Å². The maximum Gasteiger partial charge on any atom is 0.303 e. The molecule has 0 radical (unpaired) electrons. The molecular formula is C18H41AlO3Zn. The van der Waals surface area contributed by atoms with Gasteiger partial charge in [-0.3, -0.25) is 4.79 Å². The fraction of sp³-hybridized carbons (Fsp3) is 0.944. The topological polar surface area (TPSA) is 68.8 Å². The summed E-state index contributed by atoms with van der Waals surface area (Å²) in [4.78, 5) is 10.3. The Morgan fingerprint density at radius 2 is 0.913 bits per heavy atom. The van der Waals surface area contributed by atoms with Crippen LogP contribution in [0.3, 0.4) is 0 Å². The van der Waals surface area contributed by atoms with Gasteiger partial charge in [0, 0.05) is 25.9 Å². The van der Waals surface area contributed by atoms with Gasteiger partial charge >= 0.3 is 5.97 Å². The van der Waals surface area contributed by atoms with Crippen LogP contribution in [0.25, 0.3) is 0 Å². The molecule has 0 aromatic carbocycles. The quantitative estimate of drug-likeness (QED) is 0.311. The molecule has 0 aliphatic heterocycles. The number of carboxylic acids is 1. The second kappa shape index (κ2) is 27.4. The van der Waals surface area contributed by atoms with Crippen molar-refractivity contribution in [3.8, 4) is 0 Å². The molecular weight excluding hydrogens is 357 g/mol. The molecule has 0 bridgehead atoms. The average molecular weight is 398 g/mol. The van der Waals surface area contributed by atoms with E-state index in [0.29, 0.717) is 6.42 Å². The molecule has 0 aliphatic carbocycles. The van der Waals surface area contributed by atoms with Crippen molar-refractivity contribution >= 4 is 23.3 Å². The Morgan fingerprint density at radius 3 is 1.17 bits per heavy atom. The van der Waals surface area contributed by atoms with Crippen molar-refractivity contribution in [2.45, 2.75) is 110 Å². The van der Waals surface area contributed by atoms with Crippen LogP contribution in [-0.2, 0) is 24.3 Å². The molecule has 0 aliphatic rings. The largest absolute Gasteiger partial charge is 0.481 e. The minimum absolute atomic E-state index is 0. The predicted octanol–water partition coefficient (Wildman–Crippen LogP) is 4.32. The molecule has 0 heterocycles. The Hall–Kier alpha value is 0.586. The molecule has 0 amide bonds. The Labute approximate surface area is 167 Å². The molecule has 5 heteroatoms. The molecule has 3 N–H and O–H groups in total. The van der Waals surface area contributed by atoms with Gasteiger partial charge in [-0.15, -0.1) is 0 Å². The number of hydrogen-bond donors (Lipinski definition) is 1. The summed E-state index contributed by atoms with van der Waals surface area (Å²) in [5.41, 5.74) is 0.